The molecule has 2 aromatic rings. The van der Waals surface area contributed by atoms with Gasteiger partial charge in [-0.25, -0.2) is 4.79 Å². The van der Waals surface area contributed by atoms with Gasteiger partial charge in [0.25, 0.3) is 0 Å². The molecule has 0 aromatic heterocycles. The number of aryl methyl sites for hydroxylation is 1. The predicted octanol–water partition coefficient (Wildman–Crippen LogP) is 4.09. The maximum atomic E-state index is 11.2. The molecule has 0 amide bonds. The second kappa shape index (κ2) is 5.10. The van der Waals surface area contributed by atoms with Gasteiger partial charge in [0.1, 0.15) is 0 Å². The lowest BCUT2D eigenvalue weighted by molar-refractivity contribution is 0.0698. The first-order valence-corrected chi connectivity index (χ1v) is 5.80. The fraction of sp³-hybridized carbons (Fsp3) is 0.0714. The van der Waals surface area contributed by atoms with Gasteiger partial charge in [0.2, 0.25) is 0 Å². The third-order valence-electron chi connectivity index (χ3n) is 2.51. The predicted molar refractivity (Wildman–Crippen MR) is 72.9 cm³/mol. The molecule has 0 atom stereocenters. The quantitative estimate of drug-likeness (QED) is 0.875. The summed E-state index contributed by atoms with van der Waals surface area (Å²) in [5.41, 5.74) is 2.46. The second-order valence-corrected chi connectivity index (χ2v) is 4.43. The van der Waals surface area contributed by atoms with Gasteiger partial charge in [-0.1, -0.05) is 29.3 Å². The highest BCUT2D eigenvalue weighted by molar-refractivity contribution is 6.30. The van der Waals surface area contributed by atoms with Crippen LogP contribution < -0.4 is 5.32 Å². The van der Waals surface area contributed by atoms with Crippen molar-refractivity contribution in [3.63, 3.8) is 0 Å². The van der Waals surface area contributed by atoms with Crippen LogP contribution in [0.25, 0.3) is 0 Å². The molecule has 2 N–H and O–H groups in total. The number of anilines is 2. The molecule has 4 heteroatoms. The molecule has 3 nitrogen and oxygen atoms in total. The van der Waals surface area contributed by atoms with Crippen molar-refractivity contribution in [2.75, 3.05) is 5.32 Å². The molecule has 0 saturated carbocycles. The van der Waals surface area contributed by atoms with Crippen LogP contribution in [0, 0.1) is 6.92 Å². The molecule has 0 saturated heterocycles. The number of carbonyl (C=O) groups is 1. The molecule has 0 aliphatic heterocycles. The minimum absolute atomic E-state index is 0.245. The molecular weight excluding hydrogens is 250 g/mol. The summed E-state index contributed by atoms with van der Waals surface area (Å²) in [6, 6.07) is 12.4. The maximum Gasteiger partial charge on any atom is 0.337 e. The van der Waals surface area contributed by atoms with E-state index in [2.05, 4.69) is 5.32 Å². The number of hydrogen-bond acceptors (Lipinski definition) is 2. The van der Waals surface area contributed by atoms with Crippen molar-refractivity contribution in [3.05, 3.63) is 58.6 Å². The Morgan fingerprint density at radius 3 is 2.67 bits per heavy atom. The summed E-state index contributed by atoms with van der Waals surface area (Å²) < 4.78 is 0. The molecule has 0 fully saturated rings. The van der Waals surface area contributed by atoms with Crippen LogP contribution in [0.15, 0.2) is 42.5 Å². The van der Waals surface area contributed by atoms with Crippen molar-refractivity contribution < 1.29 is 9.90 Å². The summed E-state index contributed by atoms with van der Waals surface area (Å²) >= 11 is 5.88. The smallest absolute Gasteiger partial charge is 0.337 e. The number of carboxylic acids is 1. The van der Waals surface area contributed by atoms with Crippen LogP contribution in [0.2, 0.25) is 5.02 Å². The average Bonchev–Trinajstić information content (AvgIpc) is 2.31. The average molecular weight is 262 g/mol. The standard InChI is InChI=1S/C14H12ClNO2/c1-9-5-6-13(12(7-9)14(17)18)16-11-4-2-3-10(15)8-11/h2-8,16H,1H3,(H,17,18). The number of rotatable bonds is 3. The van der Waals surface area contributed by atoms with Crippen LogP contribution in [0.4, 0.5) is 11.4 Å². The van der Waals surface area contributed by atoms with Crippen molar-refractivity contribution in [1.82, 2.24) is 0 Å². The van der Waals surface area contributed by atoms with E-state index in [0.717, 1.165) is 11.3 Å². The largest absolute Gasteiger partial charge is 0.478 e. The van der Waals surface area contributed by atoms with E-state index in [0.29, 0.717) is 10.7 Å². The number of halogens is 1. The van der Waals surface area contributed by atoms with Crippen molar-refractivity contribution in [2.45, 2.75) is 6.92 Å². The Bertz CT molecular complexity index is 596. The van der Waals surface area contributed by atoms with Gasteiger partial charge in [0.05, 0.1) is 11.3 Å². The van der Waals surface area contributed by atoms with Crippen LogP contribution in [0.5, 0.6) is 0 Å². The molecular formula is C14H12ClNO2. The summed E-state index contributed by atoms with van der Waals surface area (Å²) in [6.07, 6.45) is 0. The Kier molecular flexibility index (Phi) is 3.53. The first-order chi connectivity index (χ1) is 8.56. The Hall–Kier alpha value is -2.00. The van der Waals surface area contributed by atoms with E-state index in [9.17, 15) is 4.79 Å². The molecule has 0 spiro atoms. The zero-order chi connectivity index (χ0) is 13.1. The van der Waals surface area contributed by atoms with Crippen molar-refractivity contribution in [3.8, 4) is 0 Å². The van der Waals surface area contributed by atoms with E-state index in [1.807, 2.05) is 19.1 Å². The number of aromatic carboxylic acids is 1. The van der Waals surface area contributed by atoms with Crippen LogP contribution >= 0.6 is 11.6 Å². The van der Waals surface area contributed by atoms with Gasteiger partial charge < -0.3 is 10.4 Å². The van der Waals surface area contributed by atoms with Crippen molar-refractivity contribution in [2.24, 2.45) is 0 Å². The molecule has 0 aliphatic carbocycles. The van der Waals surface area contributed by atoms with Crippen LogP contribution in [-0.4, -0.2) is 11.1 Å². The van der Waals surface area contributed by atoms with E-state index in [-0.39, 0.29) is 5.56 Å². The van der Waals surface area contributed by atoms with Gasteiger partial charge in [-0.3, -0.25) is 0 Å². The monoisotopic (exact) mass is 261 g/mol. The third-order valence-corrected chi connectivity index (χ3v) is 2.74. The summed E-state index contributed by atoms with van der Waals surface area (Å²) in [7, 11) is 0. The normalized spacial score (nSPS) is 10.1. The first-order valence-electron chi connectivity index (χ1n) is 5.43. The highest BCUT2D eigenvalue weighted by Crippen LogP contribution is 2.24. The van der Waals surface area contributed by atoms with Gasteiger partial charge >= 0.3 is 5.97 Å². The molecule has 18 heavy (non-hydrogen) atoms. The fourth-order valence-electron chi connectivity index (χ4n) is 1.67. The molecule has 2 rings (SSSR count). The summed E-state index contributed by atoms with van der Waals surface area (Å²) in [5.74, 6) is -0.955. The minimum atomic E-state index is -0.955. The van der Waals surface area contributed by atoms with Crippen molar-refractivity contribution >= 4 is 28.9 Å². The molecule has 0 unspecified atom stereocenters. The Labute approximate surface area is 110 Å². The van der Waals surface area contributed by atoms with E-state index in [4.69, 9.17) is 16.7 Å². The lowest BCUT2D eigenvalue weighted by Crippen LogP contribution is -2.03. The topological polar surface area (TPSA) is 49.3 Å². The molecule has 2 aromatic carbocycles. The van der Waals surface area contributed by atoms with Gasteiger partial charge in [0.15, 0.2) is 0 Å². The SMILES string of the molecule is Cc1ccc(Nc2cccc(Cl)c2)c(C(=O)O)c1. The van der Waals surface area contributed by atoms with E-state index in [1.165, 1.54) is 0 Å². The second-order valence-electron chi connectivity index (χ2n) is 3.99. The molecule has 0 radical (unpaired) electrons. The highest BCUT2D eigenvalue weighted by atomic mass is 35.5. The van der Waals surface area contributed by atoms with Crippen LogP contribution in [-0.2, 0) is 0 Å². The highest BCUT2D eigenvalue weighted by Gasteiger charge is 2.10. The van der Waals surface area contributed by atoms with E-state index in [1.54, 1.807) is 30.3 Å². The third kappa shape index (κ3) is 2.81. The van der Waals surface area contributed by atoms with Gasteiger partial charge in [0, 0.05) is 10.7 Å². The summed E-state index contributed by atoms with van der Waals surface area (Å²) in [5, 5.41) is 12.8. The summed E-state index contributed by atoms with van der Waals surface area (Å²) in [6.45, 7) is 1.86. The molecule has 0 heterocycles. The minimum Gasteiger partial charge on any atom is -0.478 e. The number of hydrogen-bond donors (Lipinski definition) is 2. The Morgan fingerprint density at radius 1 is 1.22 bits per heavy atom. The van der Waals surface area contributed by atoms with Crippen LogP contribution in [0.3, 0.4) is 0 Å². The fourth-order valence-corrected chi connectivity index (χ4v) is 1.86. The van der Waals surface area contributed by atoms with Crippen molar-refractivity contribution in [1.29, 1.82) is 0 Å². The summed E-state index contributed by atoms with van der Waals surface area (Å²) in [4.78, 5) is 11.2. The number of carboxylic acid groups (broad SMARTS) is 1. The molecule has 0 aliphatic rings. The van der Waals surface area contributed by atoms with Gasteiger partial charge in [-0.05, 0) is 37.3 Å². The Morgan fingerprint density at radius 2 is 2.00 bits per heavy atom. The molecule has 92 valence electrons. The maximum absolute atomic E-state index is 11.2. The van der Waals surface area contributed by atoms with Gasteiger partial charge in [-0.15, -0.1) is 0 Å². The van der Waals surface area contributed by atoms with Crippen LogP contribution in [0.1, 0.15) is 15.9 Å². The molecule has 0 bridgehead atoms. The number of benzene rings is 2. The lowest BCUT2D eigenvalue weighted by Gasteiger charge is -2.10. The Balaban J connectivity index is 2.37. The van der Waals surface area contributed by atoms with E-state index < -0.39 is 5.97 Å². The number of nitrogens with one attached hydrogen (secondary N) is 1. The zero-order valence-electron chi connectivity index (χ0n) is 9.77. The lowest BCUT2D eigenvalue weighted by atomic mass is 10.1. The first kappa shape index (κ1) is 12.5. The zero-order valence-corrected chi connectivity index (χ0v) is 10.5. The van der Waals surface area contributed by atoms with Gasteiger partial charge in [-0.2, -0.15) is 0 Å². The van der Waals surface area contributed by atoms with E-state index >= 15 is 0 Å².